The standard InChI is InChI=1S/C17H18FN/c1-2-11-5-14-7-16(8-15(14)6-11)12-3-4-13(10-19)17(18)9-12/h2-4,9,11,14-16H,1,5-8H2. The van der Waals surface area contributed by atoms with Gasteiger partial charge in [0.15, 0.2) is 0 Å². The van der Waals surface area contributed by atoms with Crippen LogP contribution in [0.1, 0.15) is 42.7 Å². The van der Waals surface area contributed by atoms with Gasteiger partial charge in [-0.15, -0.1) is 6.58 Å². The first kappa shape index (κ1) is 12.4. The topological polar surface area (TPSA) is 23.8 Å². The fourth-order valence-electron chi connectivity index (χ4n) is 4.00. The van der Waals surface area contributed by atoms with Gasteiger partial charge in [0.05, 0.1) is 5.56 Å². The molecule has 0 N–H and O–H groups in total. The maximum atomic E-state index is 13.7. The molecule has 0 aromatic heterocycles. The number of benzene rings is 1. The van der Waals surface area contributed by atoms with Crippen LogP contribution in [-0.2, 0) is 0 Å². The molecule has 2 saturated carbocycles. The zero-order valence-electron chi connectivity index (χ0n) is 11.0. The van der Waals surface area contributed by atoms with Crippen molar-refractivity contribution in [1.82, 2.24) is 0 Å². The molecule has 2 fully saturated rings. The Morgan fingerprint density at radius 2 is 1.89 bits per heavy atom. The van der Waals surface area contributed by atoms with Crippen molar-refractivity contribution in [2.45, 2.75) is 31.6 Å². The SMILES string of the molecule is C=CC1CC2CC(c3ccc(C#N)c(F)c3)CC2C1. The molecular weight excluding hydrogens is 237 g/mol. The van der Waals surface area contributed by atoms with Crippen molar-refractivity contribution in [2.24, 2.45) is 17.8 Å². The van der Waals surface area contributed by atoms with Crippen LogP contribution in [0.15, 0.2) is 30.9 Å². The lowest BCUT2D eigenvalue weighted by Crippen LogP contribution is -1.99. The number of nitriles is 1. The summed E-state index contributed by atoms with van der Waals surface area (Å²) < 4.78 is 13.7. The molecule has 19 heavy (non-hydrogen) atoms. The number of fused-ring (bicyclic) bond motifs is 1. The van der Waals surface area contributed by atoms with E-state index in [4.69, 9.17) is 5.26 Å². The first-order valence-electron chi connectivity index (χ1n) is 7.03. The highest BCUT2D eigenvalue weighted by Crippen LogP contribution is 2.52. The molecule has 2 heteroatoms. The lowest BCUT2D eigenvalue weighted by atomic mass is 9.92. The smallest absolute Gasteiger partial charge is 0.141 e. The maximum absolute atomic E-state index is 13.7. The summed E-state index contributed by atoms with van der Waals surface area (Å²) in [4.78, 5) is 0. The van der Waals surface area contributed by atoms with E-state index in [1.54, 1.807) is 12.1 Å². The molecule has 2 aliphatic rings. The summed E-state index contributed by atoms with van der Waals surface area (Å²) in [6.45, 7) is 3.90. The van der Waals surface area contributed by atoms with E-state index in [1.807, 2.05) is 12.1 Å². The summed E-state index contributed by atoms with van der Waals surface area (Å²) in [7, 11) is 0. The van der Waals surface area contributed by atoms with Crippen LogP contribution in [-0.4, -0.2) is 0 Å². The van der Waals surface area contributed by atoms with Crippen LogP contribution >= 0.6 is 0 Å². The van der Waals surface area contributed by atoms with E-state index in [2.05, 4.69) is 12.7 Å². The molecule has 0 aliphatic heterocycles. The van der Waals surface area contributed by atoms with Gasteiger partial charge >= 0.3 is 0 Å². The second-order valence-electron chi connectivity index (χ2n) is 6.01. The van der Waals surface area contributed by atoms with Crippen molar-refractivity contribution < 1.29 is 4.39 Å². The van der Waals surface area contributed by atoms with Crippen LogP contribution in [0.4, 0.5) is 4.39 Å². The fraction of sp³-hybridized carbons (Fsp3) is 0.471. The Hall–Kier alpha value is -1.62. The van der Waals surface area contributed by atoms with E-state index in [9.17, 15) is 4.39 Å². The van der Waals surface area contributed by atoms with Gasteiger partial charge in [0, 0.05) is 0 Å². The molecular formula is C17H18FN. The third-order valence-corrected chi connectivity index (χ3v) is 4.97. The summed E-state index contributed by atoms with van der Waals surface area (Å²) >= 11 is 0. The quantitative estimate of drug-likeness (QED) is 0.718. The van der Waals surface area contributed by atoms with Gasteiger partial charge in [0.2, 0.25) is 0 Å². The molecule has 3 rings (SSSR count). The number of nitrogens with zero attached hydrogens (tertiary/aromatic N) is 1. The van der Waals surface area contributed by atoms with Crippen molar-refractivity contribution in [3.8, 4) is 6.07 Å². The number of halogens is 1. The Morgan fingerprint density at radius 1 is 1.21 bits per heavy atom. The van der Waals surface area contributed by atoms with E-state index in [0.717, 1.165) is 17.4 Å². The summed E-state index contributed by atoms with van der Waals surface area (Å²) in [6, 6.07) is 6.99. The first-order chi connectivity index (χ1) is 9.21. The highest BCUT2D eigenvalue weighted by Gasteiger charge is 2.41. The molecule has 2 atom stereocenters. The maximum Gasteiger partial charge on any atom is 0.141 e. The van der Waals surface area contributed by atoms with Crippen LogP contribution in [0.3, 0.4) is 0 Å². The number of rotatable bonds is 2. The molecule has 0 bridgehead atoms. The summed E-state index contributed by atoms with van der Waals surface area (Å²) in [5.74, 6) is 2.36. The summed E-state index contributed by atoms with van der Waals surface area (Å²) in [6.07, 6.45) is 6.93. The van der Waals surface area contributed by atoms with Crippen LogP contribution in [0.5, 0.6) is 0 Å². The molecule has 0 spiro atoms. The van der Waals surface area contributed by atoms with Gasteiger partial charge < -0.3 is 0 Å². The Balaban J connectivity index is 1.75. The fourth-order valence-corrected chi connectivity index (χ4v) is 4.00. The van der Waals surface area contributed by atoms with E-state index < -0.39 is 0 Å². The van der Waals surface area contributed by atoms with Gasteiger partial charge in [-0.1, -0.05) is 12.1 Å². The zero-order valence-corrected chi connectivity index (χ0v) is 11.0. The monoisotopic (exact) mass is 255 g/mol. The minimum Gasteiger partial charge on any atom is -0.206 e. The van der Waals surface area contributed by atoms with E-state index >= 15 is 0 Å². The molecule has 1 aromatic rings. The van der Waals surface area contributed by atoms with Gasteiger partial charge in [-0.25, -0.2) is 4.39 Å². The van der Waals surface area contributed by atoms with Crippen molar-refractivity contribution in [1.29, 1.82) is 5.26 Å². The number of allylic oxidation sites excluding steroid dienone is 1. The second kappa shape index (κ2) is 4.81. The molecule has 2 aliphatic carbocycles. The van der Waals surface area contributed by atoms with Gasteiger partial charge in [0.25, 0.3) is 0 Å². The number of hydrogen-bond acceptors (Lipinski definition) is 1. The molecule has 0 amide bonds. The third-order valence-electron chi connectivity index (χ3n) is 4.97. The van der Waals surface area contributed by atoms with E-state index in [-0.39, 0.29) is 11.4 Å². The van der Waals surface area contributed by atoms with Crippen molar-refractivity contribution in [3.63, 3.8) is 0 Å². The first-order valence-corrected chi connectivity index (χ1v) is 7.03. The zero-order chi connectivity index (χ0) is 13.4. The van der Waals surface area contributed by atoms with Crippen molar-refractivity contribution >= 4 is 0 Å². The van der Waals surface area contributed by atoms with Crippen LogP contribution < -0.4 is 0 Å². The molecule has 98 valence electrons. The minimum atomic E-state index is -0.374. The van der Waals surface area contributed by atoms with Gasteiger partial charge in [0.1, 0.15) is 11.9 Å². The Kier molecular flexibility index (Phi) is 3.14. The largest absolute Gasteiger partial charge is 0.206 e. The minimum absolute atomic E-state index is 0.147. The summed E-state index contributed by atoms with van der Waals surface area (Å²) in [5, 5.41) is 8.76. The lowest BCUT2D eigenvalue weighted by Gasteiger charge is -2.13. The van der Waals surface area contributed by atoms with Gasteiger partial charge in [-0.3, -0.25) is 0 Å². The molecule has 0 radical (unpaired) electrons. The molecule has 2 unspecified atom stereocenters. The van der Waals surface area contributed by atoms with Gasteiger partial charge in [-0.2, -0.15) is 5.26 Å². The van der Waals surface area contributed by atoms with Crippen LogP contribution in [0, 0.1) is 34.9 Å². The van der Waals surface area contributed by atoms with Gasteiger partial charge in [-0.05, 0) is 67.1 Å². The summed E-state index contributed by atoms with van der Waals surface area (Å²) in [5.41, 5.74) is 1.22. The Labute approximate surface area is 113 Å². The predicted octanol–water partition coefficient (Wildman–Crippen LogP) is 4.40. The number of hydrogen-bond donors (Lipinski definition) is 0. The molecule has 0 saturated heterocycles. The Bertz CT molecular complexity index is 529. The van der Waals surface area contributed by atoms with Crippen molar-refractivity contribution in [2.75, 3.05) is 0 Å². The molecule has 1 nitrogen and oxygen atoms in total. The molecule has 1 aromatic carbocycles. The highest BCUT2D eigenvalue weighted by molar-refractivity contribution is 5.35. The van der Waals surface area contributed by atoms with E-state index in [0.29, 0.717) is 11.8 Å². The van der Waals surface area contributed by atoms with E-state index in [1.165, 1.54) is 25.7 Å². The predicted molar refractivity (Wildman–Crippen MR) is 73.0 cm³/mol. The third kappa shape index (κ3) is 2.18. The normalized spacial score (nSPS) is 32.8. The average molecular weight is 255 g/mol. The second-order valence-corrected chi connectivity index (χ2v) is 6.01. The molecule has 0 heterocycles. The highest BCUT2D eigenvalue weighted by atomic mass is 19.1. The van der Waals surface area contributed by atoms with Crippen LogP contribution in [0.25, 0.3) is 0 Å². The van der Waals surface area contributed by atoms with Crippen LogP contribution in [0.2, 0.25) is 0 Å². The van der Waals surface area contributed by atoms with Crippen molar-refractivity contribution in [3.05, 3.63) is 47.8 Å². The lowest BCUT2D eigenvalue weighted by molar-refractivity contribution is 0.457. The Morgan fingerprint density at radius 3 is 2.42 bits per heavy atom. The average Bonchev–Trinajstić information content (AvgIpc) is 2.96.